The summed E-state index contributed by atoms with van der Waals surface area (Å²) in [5, 5.41) is 2.77. The molecule has 1 aliphatic heterocycles. The minimum absolute atomic E-state index is 0.0900. The van der Waals surface area contributed by atoms with E-state index in [9.17, 15) is 4.79 Å². The van der Waals surface area contributed by atoms with Crippen LogP contribution in [0.4, 0.5) is 4.79 Å². The Morgan fingerprint density at radius 3 is 3.11 bits per heavy atom. The normalized spacial score (nSPS) is 17.3. The summed E-state index contributed by atoms with van der Waals surface area (Å²) in [6, 6.07) is 5.58. The molecule has 1 aromatic carbocycles. The van der Waals surface area contributed by atoms with Gasteiger partial charge in [-0.25, -0.2) is 4.79 Å². The van der Waals surface area contributed by atoms with Crippen LogP contribution in [0.5, 0.6) is 11.5 Å². The van der Waals surface area contributed by atoms with Crippen LogP contribution in [0.15, 0.2) is 18.2 Å². The second kappa shape index (κ2) is 5.62. The zero-order valence-corrected chi connectivity index (χ0v) is 10.6. The molecule has 0 aromatic heterocycles. The van der Waals surface area contributed by atoms with E-state index in [1.165, 1.54) is 0 Å². The minimum atomic E-state index is -0.413. The Hall–Kier alpha value is -1.91. The monoisotopic (exact) mass is 251 g/mol. The molecule has 1 aliphatic rings. The molecule has 1 N–H and O–H groups in total. The van der Waals surface area contributed by atoms with Gasteiger partial charge in [-0.1, -0.05) is 6.07 Å². The van der Waals surface area contributed by atoms with Gasteiger partial charge in [-0.05, 0) is 19.1 Å². The fraction of sp³-hybridized carbons (Fsp3) is 0.462. The van der Waals surface area contributed by atoms with Gasteiger partial charge >= 0.3 is 6.09 Å². The van der Waals surface area contributed by atoms with Crippen molar-refractivity contribution in [1.29, 1.82) is 0 Å². The van der Waals surface area contributed by atoms with E-state index in [0.29, 0.717) is 19.6 Å². The number of ether oxygens (including phenoxy) is 3. The number of nitrogens with one attached hydrogen (secondary N) is 1. The molecule has 0 bridgehead atoms. The number of carbonyl (C=O) groups is 1. The summed E-state index contributed by atoms with van der Waals surface area (Å²) in [5.74, 6) is 1.60. The molecule has 0 fully saturated rings. The summed E-state index contributed by atoms with van der Waals surface area (Å²) in [7, 11) is 1.62. The van der Waals surface area contributed by atoms with Crippen LogP contribution in [0.2, 0.25) is 0 Å². The summed E-state index contributed by atoms with van der Waals surface area (Å²) >= 11 is 0. The summed E-state index contributed by atoms with van der Waals surface area (Å²) in [6.45, 7) is 2.58. The molecular formula is C13H17NO4. The van der Waals surface area contributed by atoms with E-state index in [-0.39, 0.29) is 6.04 Å². The fourth-order valence-corrected chi connectivity index (χ4v) is 2.00. The van der Waals surface area contributed by atoms with Gasteiger partial charge in [-0.3, -0.25) is 0 Å². The highest BCUT2D eigenvalue weighted by Crippen LogP contribution is 2.32. The number of fused-ring (bicyclic) bond motifs is 1. The Morgan fingerprint density at radius 1 is 1.56 bits per heavy atom. The Morgan fingerprint density at radius 2 is 2.39 bits per heavy atom. The zero-order valence-electron chi connectivity index (χ0n) is 10.6. The average molecular weight is 251 g/mol. The van der Waals surface area contributed by atoms with Crippen LogP contribution in [0, 0.1) is 0 Å². The molecule has 0 spiro atoms. The molecule has 1 aromatic rings. The average Bonchev–Trinajstić information content (AvgIpc) is 2.38. The van der Waals surface area contributed by atoms with Gasteiger partial charge in [0.05, 0.1) is 19.8 Å². The predicted octanol–water partition coefficient (Wildman–Crippen LogP) is 1.74. The summed E-state index contributed by atoms with van der Waals surface area (Å²) in [4.78, 5) is 11.4. The van der Waals surface area contributed by atoms with Gasteiger partial charge < -0.3 is 19.5 Å². The number of methoxy groups -OCH3 is 1. The zero-order chi connectivity index (χ0) is 13.0. The van der Waals surface area contributed by atoms with Gasteiger partial charge in [0.25, 0.3) is 0 Å². The van der Waals surface area contributed by atoms with E-state index in [0.717, 1.165) is 17.1 Å². The van der Waals surface area contributed by atoms with E-state index in [2.05, 4.69) is 5.32 Å². The molecule has 1 heterocycles. The molecule has 18 heavy (non-hydrogen) atoms. The first-order valence-electron chi connectivity index (χ1n) is 5.96. The maximum absolute atomic E-state index is 11.4. The van der Waals surface area contributed by atoms with Gasteiger partial charge in [-0.2, -0.15) is 0 Å². The molecule has 5 nitrogen and oxygen atoms in total. The van der Waals surface area contributed by atoms with Gasteiger partial charge in [0.2, 0.25) is 0 Å². The number of benzene rings is 1. The van der Waals surface area contributed by atoms with Crippen LogP contribution < -0.4 is 14.8 Å². The smallest absolute Gasteiger partial charge is 0.407 e. The van der Waals surface area contributed by atoms with Crippen molar-refractivity contribution in [2.24, 2.45) is 0 Å². The largest absolute Gasteiger partial charge is 0.496 e. The maximum Gasteiger partial charge on any atom is 0.407 e. The summed E-state index contributed by atoms with van der Waals surface area (Å²) in [5.41, 5.74) is 0.980. The first-order valence-corrected chi connectivity index (χ1v) is 5.96. The van der Waals surface area contributed by atoms with Gasteiger partial charge in [0.1, 0.15) is 18.1 Å². The van der Waals surface area contributed by atoms with Crippen molar-refractivity contribution >= 4 is 6.09 Å². The second-order valence-electron chi connectivity index (χ2n) is 4.01. The first-order chi connectivity index (χ1) is 8.74. The minimum Gasteiger partial charge on any atom is -0.496 e. The Kier molecular flexibility index (Phi) is 3.92. The van der Waals surface area contributed by atoms with Crippen molar-refractivity contribution < 1.29 is 19.0 Å². The molecule has 5 heteroatoms. The van der Waals surface area contributed by atoms with Crippen LogP contribution in [0.3, 0.4) is 0 Å². The maximum atomic E-state index is 11.4. The standard InChI is InChI=1S/C13H17NO4/c1-3-17-13(15)14-9-7-10-11(16-2)5-4-6-12(10)18-8-9/h4-6,9H,3,7-8H2,1-2H3,(H,14,15)/t9-/m1/s1. The number of alkyl carbamates (subject to hydrolysis) is 1. The highest BCUT2D eigenvalue weighted by molar-refractivity contribution is 5.67. The third kappa shape index (κ3) is 2.67. The van der Waals surface area contributed by atoms with Gasteiger partial charge in [-0.15, -0.1) is 0 Å². The van der Waals surface area contributed by atoms with Crippen molar-refractivity contribution in [3.8, 4) is 11.5 Å². The van der Waals surface area contributed by atoms with Crippen molar-refractivity contribution in [1.82, 2.24) is 5.32 Å². The van der Waals surface area contributed by atoms with Crippen molar-refractivity contribution in [2.75, 3.05) is 20.3 Å². The number of amides is 1. The lowest BCUT2D eigenvalue weighted by Crippen LogP contribution is -2.43. The predicted molar refractivity (Wildman–Crippen MR) is 66.1 cm³/mol. The number of carbonyl (C=O) groups excluding carboxylic acids is 1. The number of hydrogen-bond donors (Lipinski definition) is 1. The number of hydrogen-bond acceptors (Lipinski definition) is 4. The van der Waals surface area contributed by atoms with E-state index in [1.54, 1.807) is 14.0 Å². The molecule has 2 rings (SSSR count). The van der Waals surface area contributed by atoms with Crippen LogP contribution in [0.25, 0.3) is 0 Å². The molecule has 0 unspecified atom stereocenters. The SMILES string of the molecule is CCOC(=O)N[C@H]1COc2cccc(OC)c2C1. The Balaban J connectivity index is 2.07. The lowest BCUT2D eigenvalue weighted by atomic mass is 10.0. The van der Waals surface area contributed by atoms with Crippen LogP contribution in [-0.2, 0) is 11.2 Å². The Labute approximate surface area is 106 Å². The molecule has 98 valence electrons. The second-order valence-corrected chi connectivity index (χ2v) is 4.01. The van der Waals surface area contributed by atoms with Crippen LogP contribution in [0.1, 0.15) is 12.5 Å². The van der Waals surface area contributed by atoms with Gasteiger partial charge in [0.15, 0.2) is 0 Å². The van der Waals surface area contributed by atoms with E-state index in [4.69, 9.17) is 14.2 Å². The summed E-state index contributed by atoms with van der Waals surface area (Å²) < 4.78 is 15.7. The molecular weight excluding hydrogens is 234 g/mol. The van der Waals surface area contributed by atoms with Crippen molar-refractivity contribution in [3.05, 3.63) is 23.8 Å². The molecule has 0 saturated carbocycles. The molecule has 1 amide bonds. The van der Waals surface area contributed by atoms with Crippen molar-refractivity contribution in [3.63, 3.8) is 0 Å². The lowest BCUT2D eigenvalue weighted by Gasteiger charge is -2.26. The van der Waals surface area contributed by atoms with E-state index >= 15 is 0 Å². The highest BCUT2D eigenvalue weighted by atomic mass is 16.5. The molecule has 0 saturated heterocycles. The van der Waals surface area contributed by atoms with E-state index in [1.807, 2.05) is 18.2 Å². The van der Waals surface area contributed by atoms with Gasteiger partial charge in [0, 0.05) is 12.0 Å². The van der Waals surface area contributed by atoms with E-state index < -0.39 is 6.09 Å². The Bertz CT molecular complexity index is 419. The fourth-order valence-electron chi connectivity index (χ4n) is 2.00. The number of rotatable bonds is 3. The highest BCUT2D eigenvalue weighted by Gasteiger charge is 2.24. The molecule has 1 atom stereocenters. The van der Waals surface area contributed by atoms with Crippen LogP contribution in [-0.4, -0.2) is 32.5 Å². The first kappa shape index (κ1) is 12.5. The quantitative estimate of drug-likeness (QED) is 0.889. The molecule has 0 radical (unpaired) electrons. The lowest BCUT2D eigenvalue weighted by molar-refractivity contribution is 0.139. The van der Waals surface area contributed by atoms with Crippen LogP contribution >= 0.6 is 0 Å². The third-order valence-electron chi connectivity index (χ3n) is 2.80. The topological polar surface area (TPSA) is 56.8 Å². The third-order valence-corrected chi connectivity index (χ3v) is 2.80. The van der Waals surface area contributed by atoms with Crippen molar-refractivity contribution in [2.45, 2.75) is 19.4 Å². The molecule has 0 aliphatic carbocycles. The summed E-state index contributed by atoms with van der Waals surface area (Å²) in [6.07, 6.45) is 0.266.